The molecule has 8 nitrogen and oxygen atoms in total. The standard InChI is InChI=1S/C19H21N3O5S/c1-11(17(25)21-9-15(23)20-12-5-3-4-6-13(12)21)27-18(26)14-10-28-19(2)8-7-16(24)22(14)19/h3-6,11,14H,7-10H2,1-2H3,(H,20,23)/t11-,14-,19-/m0/s1. The Morgan fingerprint density at radius 2 is 2.07 bits per heavy atom. The average molecular weight is 403 g/mol. The number of thioether (sulfide) groups is 1. The third-order valence-electron chi connectivity index (χ3n) is 5.39. The summed E-state index contributed by atoms with van der Waals surface area (Å²) < 4.78 is 5.43. The molecule has 9 heteroatoms. The summed E-state index contributed by atoms with van der Waals surface area (Å²) in [4.78, 5) is 52.3. The van der Waals surface area contributed by atoms with E-state index in [1.165, 1.54) is 11.8 Å². The van der Waals surface area contributed by atoms with Crippen molar-refractivity contribution in [1.82, 2.24) is 4.90 Å². The van der Waals surface area contributed by atoms with E-state index in [9.17, 15) is 19.2 Å². The predicted molar refractivity (Wildman–Crippen MR) is 104 cm³/mol. The molecule has 0 radical (unpaired) electrons. The number of carbonyl (C=O) groups is 4. The molecular weight excluding hydrogens is 382 g/mol. The van der Waals surface area contributed by atoms with Crippen LogP contribution in [0.3, 0.4) is 0 Å². The summed E-state index contributed by atoms with van der Waals surface area (Å²) in [5.41, 5.74) is 1.10. The molecule has 0 spiro atoms. The first-order chi connectivity index (χ1) is 13.3. The molecule has 0 aliphatic carbocycles. The minimum atomic E-state index is -1.07. The Bertz CT molecular complexity index is 875. The van der Waals surface area contributed by atoms with Gasteiger partial charge in [-0.25, -0.2) is 4.79 Å². The maximum Gasteiger partial charge on any atom is 0.330 e. The van der Waals surface area contributed by atoms with E-state index in [1.54, 1.807) is 40.9 Å². The highest BCUT2D eigenvalue weighted by atomic mass is 32.2. The number of fused-ring (bicyclic) bond motifs is 2. The van der Waals surface area contributed by atoms with E-state index in [1.807, 2.05) is 6.92 Å². The van der Waals surface area contributed by atoms with Gasteiger partial charge in [0.2, 0.25) is 11.8 Å². The topological polar surface area (TPSA) is 96.0 Å². The van der Waals surface area contributed by atoms with Crippen molar-refractivity contribution in [3.05, 3.63) is 24.3 Å². The Morgan fingerprint density at radius 3 is 2.86 bits per heavy atom. The molecule has 3 amide bonds. The van der Waals surface area contributed by atoms with Crippen LogP contribution in [0.2, 0.25) is 0 Å². The summed E-state index contributed by atoms with van der Waals surface area (Å²) in [5, 5.41) is 2.72. The molecule has 1 aromatic rings. The highest BCUT2D eigenvalue weighted by Crippen LogP contribution is 2.47. The molecule has 148 valence electrons. The number of esters is 1. The number of ether oxygens (including phenoxy) is 1. The van der Waals surface area contributed by atoms with Crippen LogP contribution in [0, 0.1) is 0 Å². The Morgan fingerprint density at radius 1 is 1.32 bits per heavy atom. The van der Waals surface area contributed by atoms with Crippen LogP contribution in [0.15, 0.2) is 24.3 Å². The number of amides is 3. The van der Waals surface area contributed by atoms with Gasteiger partial charge in [-0.2, -0.15) is 0 Å². The highest BCUT2D eigenvalue weighted by molar-refractivity contribution is 8.01. The first kappa shape index (κ1) is 18.8. The first-order valence-electron chi connectivity index (χ1n) is 9.17. The summed E-state index contributed by atoms with van der Waals surface area (Å²) in [6.45, 7) is 3.30. The highest BCUT2D eigenvalue weighted by Gasteiger charge is 2.53. The Labute approximate surface area is 166 Å². The molecule has 0 unspecified atom stereocenters. The van der Waals surface area contributed by atoms with Crippen LogP contribution < -0.4 is 10.2 Å². The van der Waals surface area contributed by atoms with Crippen molar-refractivity contribution in [2.24, 2.45) is 0 Å². The van der Waals surface area contributed by atoms with Gasteiger partial charge >= 0.3 is 5.97 Å². The largest absolute Gasteiger partial charge is 0.451 e. The molecule has 2 fully saturated rings. The number of carbonyl (C=O) groups excluding carboxylic acids is 4. The van der Waals surface area contributed by atoms with Gasteiger partial charge in [0.1, 0.15) is 12.6 Å². The maximum atomic E-state index is 12.9. The van der Waals surface area contributed by atoms with Crippen LogP contribution in [0.1, 0.15) is 26.7 Å². The first-order valence-corrected chi connectivity index (χ1v) is 10.2. The number of rotatable bonds is 3. The molecule has 2 saturated heterocycles. The van der Waals surface area contributed by atoms with Crippen molar-refractivity contribution in [2.75, 3.05) is 22.5 Å². The second kappa shape index (κ2) is 6.80. The van der Waals surface area contributed by atoms with Crippen molar-refractivity contribution in [3.63, 3.8) is 0 Å². The molecule has 0 bridgehead atoms. The maximum absolute atomic E-state index is 12.9. The number of para-hydroxylation sites is 2. The number of anilines is 2. The predicted octanol–water partition coefficient (Wildman–Crippen LogP) is 1.36. The zero-order valence-electron chi connectivity index (χ0n) is 15.6. The summed E-state index contributed by atoms with van der Waals surface area (Å²) >= 11 is 1.57. The molecule has 3 atom stereocenters. The Balaban J connectivity index is 1.48. The zero-order chi connectivity index (χ0) is 20.1. The Hall–Kier alpha value is -2.55. The quantitative estimate of drug-likeness (QED) is 0.766. The molecule has 1 N–H and O–H groups in total. The van der Waals surface area contributed by atoms with Crippen molar-refractivity contribution in [2.45, 2.75) is 43.7 Å². The number of nitrogens with one attached hydrogen (secondary N) is 1. The molecule has 3 aliphatic rings. The molecule has 4 rings (SSSR count). The number of benzene rings is 1. The molecule has 3 aliphatic heterocycles. The lowest BCUT2D eigenvalue weighted by Crippen LogP contribution is -2.50. The third kappa shape index (κ3) is 3.03. The number of nitrogens with zero attached hydrogens (tertiary/aromatic N) is 2. The van der Waals surface area contributed by atoms with Crippen LogP contribution in [0.4, 0.5) is 11.4 Å². The van der Waals surface area contributed by atoms with Gasteiger partial charge in [0, 0.05) is 12.2 Å². The minimum absolute atomic E-state index is 0.0601. The fourth-order valence-corrected chi connectivity index (χ4v) is 5.36. The summed E-state index contributed by atoms with van der Waals surface area (Å²) in [6.07, 6.45) is 0.0524. The van der Waals surface area contributed by atoms with Crippen molar-refractivity contribution >= 4 is 46.8 Å². The minimum Gasteiger partial charge on any atom is -0.451 e. The zero-order valence-corrected chi connectivity index (χ0v) is 16.5. The van der Waals surface area contributed by atoms with Gasteiger partial charge in [0.15, 0.2) is 6.10 Å². The van der Waals surface area contributed by atoms with Crippen LogP contribution in [-0.2, 0) is 23.9 Å². The summed E-state index contributed by atoms with van der Waals surface area (Å²) in [6, 6.07) is 6.28. The van der Waals surface area contributed by atoms with E-state index >= 15 is 0 Å². The monoisotopic (exact) mass is 403 g/mol. The number of hydrogen-bond acceptors (Lipinski definition) is 6. The molecular formula is C19H21N3O5S. The van der Waals surface area contributed by atoms with Gasteiger partial charge in [-0.15, -0.1) is 11.8 Å². The fraction of sp³-hybridized carbons (Fsp3) is 0.474. The number of hydrogen-bond donors (Lipinski definition) is 1. The van der Waals surface area contributed by atoms with Crippen LogP contribution >= 0.6 is 11.8 Å². The van der Waals surface area contributed by atoms with Gasteiger partial charge in [-0.05, 0) is 32.4 Å². The van der Waals surface area contributed by atoms with Gasteiger partial charge in [0.25, 0.3) is 5.91 Å². The second-order valence-corrected chi connectivity index (χ2v) is 8.84. The van der Waals surface area contributed by atoms with E-state index in [4.69, 9.17) is 4.74 Å². The van der Waals surface area contributed by atoms with E-state index in [-0.39, 0.29) is 23.2 Å². The lowest BCUT2D eigenvalue weighted by Gasteiger charge is -2.32. The molecule has 3 heterocycles. The van der Waals surface area contributed by atoms with Gasteiger partial charge < -0.3 is 15.0 Å². The SMILES string of the molecule is C[C@H](OC(=O)[C@@H]1CS[C@@]2(C)CCC(=O)N12)C(=O)N1CC(=O)Nc2ccccc21. The summed E-state index contributed by atoms with van der Waals surface area (Å²) in [5.74, 6) is -0.971. The van der Waals surface area contributed by atoms with Gasteiger partial charge in [0.05, 0.1) is 16.2 Å². The lowest BCUT2D eigenvalue weighted by atomic mass is 10.1. The van der Waals surface area contributed by atoms with Crippen LogP contribution in [0.5, 0.6) is 0 Å². The van der Waals surface area contributed by atoms with Crippen LogP contribution in [0.25, 0.3) is 0 Å². The van der Waals surface area contributed by atoms with Gasteiger partial charge in [-0.1, -0.05) is 12.1 Å². The molecule has 28 heavy (non-hydrogen) atoms. The molecule has 0 aromatic heterocycles. The molecule has 0 saturated carbocycles. The van der Waals surface area contributed by atoms with E-state index in [0.717, 1.165) is 0 Å². The lowest BCUT2D eigenvalue weighted by molar-refractivity contribution is -0.160. The van der Waals surface area contributed by atoms with Gasteiger partial charge in [-0.3, -0.25) is 19.3 Å². The van der Waals surface area contributed by atoms with Crippen molar-refractivity contribution in [3.8, 4) is 0 Å². The third-order valence-corrected chi connectivity index (χ3v) is 6.90. The average Bonchev–Trinajstić information content (AvgIpc) is 3.16. The summed E-state index contributed by atoms with van der Waals surface area (Å²) in [7, 11) is 0. The van der Waals surface area contributed by atoms with E-state index < -0.39 is 24.0 Å². The normalized spacial score (nSPS) is 27.1. The molecule has 1 aromatic carbocycles. The second-order valence-electron chi connectivity index (χ2n) is 7.33. The fourth-order valence-electron chi connectivity index (χ4n) is 3.95. The Kier molecular flexibility index (Phi) is 4.57. The van der Waals surface area contributed by atoms with E-state index in [2.05, 4.69) is 5.32 Å². The van der Waals surface area contributed by atoms with Crippen LogP contribution in [-0.4, -0.2) is 57.9 Å². The van der Waals surface area contributed by atoms with Crippen molar-refractivity contribution in [1.29, 1.82) is 0 Å². The smallest absolute Gasteiger partial charge is 0.330 e. The van der Waals surface area contributed by atoms with E-state index in [0.29, 0.717) is 30.0 Å². The van der Waals surface area contributed by atoms with Crippen molar-refractivity contribution < 1.29 is 23.9 Å².